The number of aromatic nitrogens is 1. The maximum Gasteiger partial charge on any atom is 0.271 e. The van der Waals surface area contributed by atoms with Gasteiger partial charge in [-0.25, -0.2) is 0 Å². The van der Waals surface area contributed by atoms with Crippen LogP contribution in [0.2, 0.25) is 0 Å². The van der Waals surface area contributed by atoms with E-state index in [0.717, 1.165) is 47.9 Å². The lowest BCUT2D eigenvalue weighted by Crippen LogP contribution is -2.64. The zero-order chi connectivity index (χ0) is 24.6. The number of ether oxygens (including phenoxy) is 1. The monoisotopic (exact) mass is 473 g/mol. The van der Waals surface area contributed by atoms with E-state index < -0.39 is 5.54 Å². The van der Waals surface area contributed by atoms with Crippen LogP contribution in [0.15, 0.2) is 54.6 Å². The summed E-state index contributed by atoms with van der Waals surface area (Å²) >= 11 is 0. The maximum atomic E-state index is 13.9. The van der Waals surface area contributed by atoms with Crippen molar-refractivity contribution in [3.8, 4) is 5.75 Å². The molecule has 0 spiro atoms. The van der Waals surface area contributed by atoms with Crippen molar-refractivity contribution in [3.63, 3.8) is 0 Å². The number of benzene rings is 2. The lowest BCUT2D eigenvalue weighted by molar-refractivity contribution is -0.134. The quantitative estimate of drug-likeness (QED) is 0.529. The summed E-state index contributed by atoms with van der Waals surface area (Å²) in [6.45, 7) is 6.69. The molecule has 0 unspecified atom stereocenters. The molecule has 1 fully saturated rings. The second kappa shape index (κ2) is 9.40. The third kappa shape index (κ3) is 4.54. The van der Waals surface area contributed by atoms with Crippen molar-refractivity contribution in [2.24, 2.45) is 0 Å². The molecule has 3 aromatic rings. The fraction of sp³-hybridized carbons (Fsp3) is 0.448. The van der Waals surface area contributed by atoms with Gasteiger partial charge in [-0.3, -0.25) is 9.59 Å². The van der Waals surface area contributed by atoms with Crippen molar-refractivity contribution in [1.82, 2.24) is 14.8 Å². The molecule has 1 aliphatic carbocycles. The lowest BCUT2D eigenvalue weighted by atomic mass is 9.91. The average molecular weight is 474 g/mol. The predicted molar refractivity (Wildman–Crippen MR) is 137 cm³/mol. The van der Waals surface area contributed by atoms with Crippen LogP contribution in [0.3, 0.4) is 0 Å². The number of nitrogens with zero attached hydrogens (tertiary/aromatic N) is 2. The summed E-state index contributed by atoms with van der Waals surface area (Å²) in [6, 6.07) is 18.0. The first-order valence-corrected chi connectivity index (χ1v) is 12.8. The molecule has 1 atom stereocenters. The normalized spacial score (nSPS) is 20.8. The molecule has 1 saturated carbocycles. The van der Waals surface area contributed by atoms with E-state index in [1.54, 1.807) is 4.90 Å². The molecule has 35 heavy (non-hydrogen) atoms. The van der Waals surface area contributed by atoms with Gasteiger partial charge in [0, 0.05) is 23.5 Å². The second-order valence-electron chi connectivity index (χ2n) is 10.5. The third-order valence-electron chi connectivity index (χ3n) is 7.40. The Morgan fingerprint density at radius 1 is 1.09 bits per heavy atom. The highest BCUT2D eigenvalue weighted by Gasteiger charge is 2.48. The largest absolute Gasteiger partial charge is 0.491 e. The van der Waals surface area contributed by atoms with Gasteiger partial charge < -0.3 is 19.5 Å². The van der Waals surface area contributed by atoms with Gasteiger partial charge in [0.2, 0.25) is 5.91 Å². The van der Waals surface area contributed by atoms with E-state index in [0.29, 0.717) is 18.8 Å². The molecule has 2 aliphatic rings. The van der Waals surface area contributed by atoms with Gasteiger partial charge in [-0.2, -0.15) is 0 Å². The van der Waals surface area contributed by atoms with E-state index in [-0.39, 0.29) is 24.0 Å². The van der Waals surface area contributed by atoms with Crippen LogP contribution in [0, 0.1) is 0 Å². The Hall–Kier alpha value is -3.28. The molecule has 6 nitrogen and oxygen atoms in total. The lowest BCUT2D eigenvalue weighted by Gasteiger charge is -2.45. The number of hydrogen-bond donors (Lipinski definition) is 1. The molecule has 2 amide bonds. The minimum atomic E-state index is -1.00. The summed E-state index contributed by atoms with van der Waals surface area (Å²) in [6.07, 6.45) is 5.61. The second-order valence-corrected chi connectivity index (χ2v) is 10.5. The zero-order valence-electron chi connectivity index (χ0n) is 20.9. The molecule has 5 rings (SSSR count). The van der Waals surface area contributed by atoms with Crippen LogP contribution in [0.1, 0.15) is 68.9 Å². The van der Waals surface area contributed by atoms with E-state index in [9.17, 15) is 9.59 Å². The number of carbonyl (C=O) groups excluding carboxylic acids is 2. The number of nitrogens with one attached hydrogen (secondary N) is 1. The Kier molecular flexibility index (Phi) is 6.30. The fourth-order valence-corrected chi connectivity index (χ4v) is 5.47. The molecule has 0 bridgehead atoms. The summed E-state index contributed by atoms with van der Waals surface area (Å²) in [5, 5.41) is 4.32. The number of fused-ring (bicyclic) bond motifs is 3. The van der Waals surface area contributed by atoms with Crippen molar-refractivity contribution in [2.75, 3.05) is 0 Å². The number of carbonyl (C=O) groups is 2. The van der Waals surface area contributed by atoms with Gasteiger partial charge in [0.25, 0.3) is 5.91 Å². The first-order valence-electron chi connectivity index (χ1n) is 12.8. The molecule has 1 aliphatic heterocycles. The van der Waals surface area contributed by atoms with Crippen LogP contribution in [0.25, 0.3) is 10.9 Å². The van der Waals surface area contributed by atoms with Crippen LogP contribution in [-0.2, 0) is 17.9 Å². The third-order valence-corrected chi connectivity index (χ3v) is 7.40. The minimum Gasteiger partial charge on any atom is -0.491 e. The number of hydrogen-bond acceptors (Lipinski definition) is 3. The van der Waals surface area contributed by atoms with E-state index in [1.165, 1.54) is 6.42 Å². The van der Waals surface area contributed by atoms with Crippen molar-refractivity contribution in [2.45, 2.75) is 83.6 Å². The molecule has 2 heterocycles. The van der Waals surface area contributed by atoms with Gasteiger partial charge in [-0.15, -0.1) is 0 Å². The fourth-order valence-electron chi connectivity index (χ4n) is 5.47. The van der Waals surface area contributed by atoms with Gasteiger partial charge in [0.15, 0.2) is 0 Å². The maximum absolute atomic E-state index is 13.9. The summed E-state index contributed by atoms with van der Waals surface area (Å²) in [7, 11) is 0. The zero-order valence-corrected chi connectivity index (χ0v) is 20.9. The number of amides is 2. The SMILES string of the molecule is CC(C)Oc1ccc(CN2C(=O)c3cc4ccccc4n3C[C@@]2(C)C(=O)NC2CCCCC2)cc1. The van der Waals surface area contributed by atoms with Crippen LogP contribution in [-0.4, -0.2) is 39.0 Å². The first-order chi connectivity index (χ1) is 16.8. The van der Waals surface area contributed by atoms with Crippen LogP contribution < -0.4 is 10.1 Å². The highest BCUT2D eigenvalue weighted by Crippen LogP contribution is 2.34. The molecule has 2 aromatic carbocycles. The van der Waals surface area contributed by atoms with Crippen molar-refractivity contribution in [1.29, 1.82) is 0 Å². The first kappa shape index (κ1) is 23.5. The smallest absolute Gasteiger partial charge is 0.271 e. The van der Waals surface area contributed by atoms with E-state index in [2.05, 4.69) is 5.32 Å². The van der Waals surface area contributed by atoms with Crippen LogP contribution in [0.4, 0.5) is 0 Å². The standard InChI is InChI=1S/C29H35N3O3/c1-20(2)35-24-15-13-21(14-16-24)18-32-27(33)26-17-22-9-7-8-12-25(22)31(26)19-29(32,3)28(34)30-23-10-5-4-6-11-23/h7-9,12-17,20,23H,4-6,10-11,18-19H2,1-3H3,(H,30,34)/t29-/m0/s1. The summed E-state index contributed by atoms with van der Waals surface area (Å²) in [5.74, 6) is 0.615. The molecule has 6 heteroatoms. The van der Waals surface area contributed by atoms with Crippen molar-refractivity contribution < 1.29 is 14.3 Å². The Morgan fingerprint density at radius 3 is 2.51 bits per heavy atom. The highest BCUT2D eigenvalue weighted by atomic mass is 16.5. The highest BCUT2D eigenvalue weighted by molar-refractivity contribution is 6.03. The topological polar surface area (TPSA) is 63.6 Å². The van der Waals surface area contributed by atoms with Gasteiger partial charge in [-0.1, -0.05) is 49.6 Å². The minimum absolute atomic E-state index is 0.0686. The van der Waals surface area contributed by atoms with Gasteiger partial charge in [0.1, 0.15) is 17.0 Å². The Labute approximate surface area is 207 Å². The van der Waals surface area contributed by atoms with Crippen molar-refractivity contribution >= 4 is 22.7 Å². The molecule has 1 aromatic heterocycles. The van der Waals surface area contributed by atoms with Crippen molar-refractivity contribution in [3.05, 3.63) is 65.9 Å². The van der Waals surface area contributed by atoms with E-state index >= 15 is 0 Å². The molecule has 1 N–H and O–H groups in total. The summed E-state index contributed by atoms with van der Waals surface area (Å²) in [4.78, 5) is 29.5. The summed E-state index contributed by atoms with van der Waals surface area (Å²) < 4.78 is 7.80. The summed E-state index contributed by atoms with van der Waals surface area (Å²) in [5.41, 5.74) is 1.59. The Balaban J connectivity index is 1.49. The number of para-hydroxylation sites is 1. The van der Waals surface area contributed by atoms with E-state index in [4.69, 9.17) is 4.74 Å². The molecule has 0 saturated heterocycles. The van der Waals surface area contributed by atoms with E-state index in [1.807, 2.05) is 79.9 Å². The molecule has 0 radical (unpaired) electrons. The van der Waals surface area contributed by atoms with Gasteiger partial charge in [0.05, 0.1) is 12.6 Å². The molecule has 184 valence electrons. The van der Waals surface area contributed by atoms with Crippen LogP contribution >= 0.6 is 0 Å². The Morgan fingerprint density at radius 2 is 1.80 bits per heavy atom. The molecular formula is C29H35N3O3. The number of rotatable bonds is 6. The van der Waals surface area contributed by atoms with Gasteiger partial charge in [-0.05, 0) is 63.4 Å². The Bertz CT molecular complexity index is 1220. The average Bonchev–Trinajstić information content (AvgIpc) is 3.21. The van der Waals surface area contributed by atoms with Crippen LogP contribution in [0.5, 0.6) is 5.75 Å². The molecular weight excluding hydrogens is 438 g/mol. The predicted octanol–water partition coefficient (Wildman–Crippen LogP) is 5.29. The van der Waals surface area contributed by atoms with Gasteiger partial charge >= 0.3 is 0 Å².